The van der Waals surface area contributed by atoms with E-state index in [0.717, 1.165) is 16.8 Å². The van der Waals surface area contributed by atoms with Gasteiger partial charge < -0.3 is 20.8 Å². The molecule has 0 fully saturated rings. The monoisotopic (exact) mass is 376 g/mol. The molecule has 0 bridgehead atoms. The predicted octanol–water partition coefficient (Wildman–Crippen LogP) is 3.48. The molecule has 0 heterocycles. The van der Waals surface area contributed by atoms with Crippen LogP contribution in [-0.4, -0.2) is 35.3 Å². The van der Waals surface area contributed by atoms with Crippen LogP contribution in [-0.2, 0) is 11.2 Å². The molecular weight excluding hydrogens is 352 g/mol. The average molecular weight is 377 g/mol. The van der Waals surface area contributed by atoms with Crippen molar-refractivity contribution in [3.8, 4) is 0 Å². The normalized spacial score (nSPS) is 13.2. The van der Waals surface area contributed by atoms with E-state index >= 15 is 0 Å². The van der Waals surface area contributed by atoms with Crippen molar-refractivity contribution in [2.24, 2.45) is 0 Å². The second-order valence-corrected chi connectivity index (χ2v) is 6.79. The van der Waals surface area contributed by atoms with Gasteiger partial charge in [0.15, 0.2) is 0 Å². The zero-order valence-electron chi connectivity index (χ0n) is 14.8. The van der Waals surface area contributed by atoms with E-state index < -0.39 is 12.1 Å². The van der Waals surface area contributed by atoms with Gasteiger partial charge in [-0.25, -0.2) is 0 Å². The Kier molecular flexibility index (Phi) is 7.91. The first-order valence-electron chi connectivity index (χ1n) is 8.65. The van der Waals surface area contributed by atoms with E-state index in [-0.39, 0.29) is 12.5 Å². The number of carbonyl (C=O) groups is 1. The predicted molar refractivity (Wildman–Crippen MR) is 105 cm³/mol. The fourth-order valence-electron chi connectivity index (χ4n) is 2.53. The van der Waals surface area contributed by atoms with E-state index in [0.29, 0.717) is 24.5 Å². The Hall–Kier alpha value is -2.08. The van der Waals surface area contributed by atoms with Crippen LogP contribution >= 0.6 is 11.6 Å². The van der Waals surface area contributed by atoms with Crippen LogP contribution in [0.15, 0.2) is 48.5 Å². The van der Waals surface area contributed by atoms with Gasteiger partial charge in [0, 0.05) is 36.3 Å². The third-order valence-electron chi connectivity index (χ3n) is 4.09. The molecule has 0 saturated heterocycles. The largest absolute Gasteiger partial charge is 0.481 e. The lowest BCUT2D eigenvalue weighted by Gasteiger charge is -2.18. The molecule has 0 aromatic heterocycles. The lowest BCUT2D eigenvalue weighted by Crippen LogP contribution is -2.35. The number of aliphatic hydroxyl groups is 1. The Morgan fingerprint density at radius 2 is 1.88 bits per heavy atom. The number of carboxylic acids is 1. The van der Waals surface area contributed by atoms with Crippen molar-refractivity contribution < 1.29 is 15.0 Å². The average Bonchev–Trinajstić information content (AvgIpc) is 2.63. The van der Waals surface area contributed by atoms with Crippen molar-refractivity contribution in [1.29, 1.82) is 0 Å². The van der Waals surface area contributed by atoms with Crippen molar-refractivity contribution in [2.45, 2.75) is 31.9 Å². The highest BCUT2D eigenvalue weighted by Gasteiger charge is 2.10. The van der Waals surface area contributed by atoms with Crippen molar-refractivity contribution >= 4 is 23.3 Å². The summed E-state index contributed by atoms with van der Waals surface area (Å²) < 4.78 is 0. The highest BCUT2D eigenvalue weighted by atomic mass is 35.5. The Morgan fingerprint density at radius 1 is 1.15 bits per heavy atom. The maximum Gasteiger partial charge on any atom is 0.303 e. The first kappa shape index (κ1) is 20.2. The molecule has 0 aliphatic heterocycles. The molecule has 0 radical (unpaired) electrons. The molecule has 2 aromatic rings. The Balaban J connectivity index is 1.72. The van der Waals surface area contributed by atoms with E-state index in [4.69, 9.17) is 16.7 Å². The quantitative estimate of drug-likeness (QED) is 0.510. The third kappa shape index (κ3) is 7.04. The summed E-state index contributed by atoms with van der Waals surface area (Å²) in [7, 11) is 0. The van der Waals surface area contributed by atoms with Crippen molar-refractivity contribution in [2.75, 3.05) is 18.4 Å². The topological polar surface area (TPSA) is 81.6 Å². The number of rotatable bonds is 10. The van der Waals surface area contributed by atoms with Gasteiger partial charge in [-0.1, -0.05) is 35.9 Å². The van der Waals surface area contributed by atoms with Gasteiger partial charge in [0.05, 0.1) is 6.10 Å². The molecule has 0 saturated carbocycles. The summed E-state index contributed by atoms with van der Waals surface area (Å²) in [4.78, 5) is 10.6. The van der Waals surface area contributed by atoms with Gasteiger partial charge in [0.1, 0.15) is 0 Å². The molecule has 6 heteroatoms. The first-order valence-corrected chi connectivity index (χ1v) is 9.03. The van der Waals surface area contributed by atoms with Crippen LogP contribution in [0.25, 0.3) is 0 Å². The molecule has 4 N–H and O–H groups in total. The standard InChI is InChI=1S/C20H25ClN2O3/c1-14(22-13-19(24)16-3-2-4-17(21)11-16)12-23-18-8-5-15(6-9-18)7-10-20(25)26/h2-6,8-9,11,14,19,22-24H,7,10,12-13H2,1H3,(H,25,26)/t14-,19+/m1/s1. The van der Waals surface area contributed by atoms with Crippen molar-refractivity contribution in [3.63, 3.8) is 0 Å². The molecule has 2 aromatic carbocycles. The number of carboxylic acid groups (broad SMARTS) is 1. The summed E-state index contributed by atoms with van der Waals surface area (Å²) >= 11 is 5.94. The number of halogens is 1. The minimum Gasteiger partial charge on any atom is -0.481 e. The number of aliphatic hydroxyl groups excluding tert-OH is 1. The van der Waals surface area contributed by atoms with Crippen LogP contribution in [0, 0.1) is 0 Å². The van der Waals surface area contributed by atoms with Crippen molar-refractivity contribution in [3.05, 3.63) is 64.7 Å². The van der Waals surface area contributed by atoms with Crippen LogP contribution in [0.4, 0.5) is 5.69 Å². The molecule has 5 nitrogen and oxygen atoms in total. The zero-order valence-corrected chi connectivity index (χ0v) is 15.5. The van der Waals surface area contributed by atoms with Crippen LogP contribution < -0.4 is 10.6 Å². The Labute approximate surface area is 159 Å². The number of aliphatic carboxylic acids is 1. The van der Waals surface area contributed by atoms with Gasteiger partial charge in [-0.15, -0.1) is 0 Å². The summed E-state index contributed by atoms with van der Waals surface area (Å²) in [5.41, 5.74) is 2.78. The molecule has 0 unspecified atom stereocenters. The lowest BCUT2D eigenvalue weighted by molar-refractivity contribution is -0.136. The van der Waals surface area contributed by atoms with Crippen LogP contribution in [0.3, 0.4) is 0 Å². The van der Waals surface area contributed by atoms with E-state index in [1.54, 1.807) is 12.1 Å². The fourth-order valence-corrected chi connectivity index (χ4v) is 2.73. The summed E-state index contributed by atoms with van der Waals surface area (Å²) in [5, 5.41) is 26.2. The van der Waals surface area contributed by atoms with Gasteiger partial charge in [-0.05, 0) is 48.7 Å². The molecule has 0 aliphatic carbocycles. The van der Waals surface area contributed by atoms with Gasteiger partial charge in [-0.3, -0.25) is 4.79 Å². The molecule has 140 valence electrons. The van der Waals surface area contributed by atoms with Gasteiger partial charge in [-0.2, -0.15) is 0 Å². The number of hydrogen-bond donors (Lipinski definition) is 4. The first-order chi connectivity index (χ1) is 12.4. The van der Waals surface area contributed by atoms with Gasteiger partial charge >= 0.3 is 5.97 Å². The maximum atomic E-state index is 10.6. The van der Waals surface area contributed by atoms with Crippen LogP contribution in [0.5, 0.6) is 0 Å². The SMILES string of the molecule is C[C@H](CNc1ccc(CCC(=O)O)cc1)NC[C@H](O)c1cccc(Cl)c1. The third-order valence-corrected chi connectivity index (χ3v) is 4.32. The van der Waals surface area contributed by atoms with E-state index in [1.807, 2.05) is 43.3 Å². The molecule has 26 heavy (non-hydrogen) atoms. The van der Waals surface area contributed by atoms with Crippen LogP contribution in [0.2, 0.25) is 5.02 Å². The number of hydrogen-bond acceptors (Lipinski definition) is 4. The molecule has 2 rings (SSSR count). The van der Waals surface area contributed by atoms with Gasteiger partial charge in [0.25, 0.3) is 0 Å². The highest BCUT2D eigenvalue weighted by Crippen LogP contribution is 2.17. The van der Waals surface area contributed by atoms with E-state index in [1.165, 1.54) is 0 Å². The minimum absolute atomic E-state index is 0.142. The Bertz CT molecular complexity index is 706. The van der Waals surface area contributed by atoms with E-state index in [9.17, 15) is 9.90 Å². The number of anilines is 1. The molecule has 0 amide bonds. The summed E-state index contributed by atoms with van der Waals surface area (Å²) in [5.74, 6) is -0.785. The molecule has 2 atom stereocenters. The maximum absolute atomic E-state index is 10.6. The fraction of sp³-hybridized carbons (Fsp3) is 0.350. The lowest BCUT2D eigenvalue weighted by atomic mass is 10.1. The summed E-state index contributed by atoms with van der Waals surface area (Å²) in [6.07, 6.45) is 0.0714. The second-order valence-electron chi connectivity index (χ2n) is 6.35. The second kappa shape index (κ2) is 10.2. The summed E-state index contributed by atoms with van der Waals surface area (Å²) in [6, 6.07) is 15.2. The minimum atomic E-state index is -0.785. The molecule has 0 spiro atoms. The van der Waals surface area contributed by atoms with E-state index in [2.05, 4.69) is 10.6 Å². The number of benzene rings is 2. The molecule has 0 aliphatic rings. The van der Waals surface area contributed by atoms with Gasteiger partial charge in [0.2, 0.25) is 0 Å². The van der Waals surface area contributed by atoms with Crippen molar-refractivity contribution in [1.82, 2.24) is 5.32 Å². The zero-order chi connectivity index (χ0) is 18.9. The number of aryl methyl sites for hydroxylation is 1. The highest BCUT2D eigenvalue weighted by molar-refractivity contribution is 6.30. The Morgan fingerprint density at radius 3 is 2.54 bits per heavy atom. The number of nitrogens with one attached hydrogen (secondary N) is 2. The molecular formula is C20H25ClN2O3. The summed E-state index contributed by atoms with van der Waals surface area (Å²) in [6.45, 7) is 3.19. The smallest absolute Gasteiger partial charge is 0.303 e. The van der Waals surface area contributed by atoms with Crippen LogP contribution in [0.1, 0.15) is 30.6 Å².